The van der Waals surface area contributed by atoms with Crippen LogP contribution in [-0.2, 0) is 9.53 Å². The lowest BCUT2D eigenvalue weighted by atomic mass is 10.4. The second kappa shape index (κ2) is 6.01. The summed E-state index contributed by atoms with van der Waals surface area (Å²) in [5.74, 6) is -0.768. The first-order chi connectivity index (χ1) is 8.33. The summed E-state index contributed by atoms with van der Waals surface area (Å²) < 4.78 is 41.1. The van der Waals surface area contributed by atoms with E-state index in [9.17, 15) is 22.8 Å². The van der Waals surface area contributed by atoms with Crippen LogP contribution in [0.25, 0.3) is 0 Å². The van der Waals surface area contributed by atoms with Gasteiger partial charge in [0.15, 0.2) is 0 Å². The minimum atomic E-state index is -4.47. The average Bonchev–Trinajstić information content (AvgIpc) is 2.62. The molecular weight excluding hydrogens is 257 g/mol. The zero-order chi connectivity index (χ0) is 13.8. The molecule has 0 radical (unpaired) electrons. The quantitative estimate of drug-likeness (QED) is 0.750. The molecule has 0 aromatic rings. The number of alkyl halides is 3. The Morgan fingerprint density at radius 1 is 1.50 bits per heavy atom. The highest BCUT2D eigenvalue weighted by Gasteiger charge is 2.34. The third-order valence-electron chi connectivity index (χ3n) is 2.24. The van der Waals surface area contributed by atoms with Gasteiger partial charge in [0.25, 0.3) is 0 Å². The fraction of sp³-hybridized carbons (Fsp3) is 0.778. The van der Waals surface area contributed by atoms with E-state index in [1.807, 2.05) is 0 Å². The lowest BCUT2D eigenvalue weighted by Gasteiger charge is -2.23. The van der Waals surface area contributed by atoms with Gasteiger partial charge in [-0.2, -0.15) is 13.2 Å². The summed E-state index contributed by atoms with van der Waals surface area (Å²) in [5, 5.41) is 8.64. The Kier molecular flexibility index (Phi) is 4.91. The minimum Gasteiger partial charge on any atom is -0.447 e. The molecule has 0 aromatic carbocycles. The van der Waals surface area contributed by atoms with Crippen molar-refractivity contribution in [2.45, 2.75) is 6.18 Å². The third-order valence-corrected chi connectivity index (χ3v) is 2.24. The number of nitrogens with zero attached hydrogens (tertiary/aromatic N) is 2. The standard InChI is InChI=1S/C9H13F3N2O4/c10-9(11,12)6-13(1-3-15)5-7(16)14-2-4-18-8(14)17/h15H,1-6H2. The van der Waals surface area contributed by atoms with Crippen molar-refractivity contribution in [1.29, 1.82) is 0 Å². The smallest absolute Gasteiger partial charge is 0.416 e. The van der Waals surface area contributed by atoms with E-state index in [-0.39, 0.29) is 19.7 Å². The maximum absolute atomic E-state index is 12.2. The molecule has 18 heavy (non-hydrogen) atoms. The van der Waals surface area contributed by atoms with Crippen molar-refractivity contribution in [1.82, 2.24) is 9.80 Å². The van der Waals surface area contributed by atoms with E-state index in [0.29, 0.717) is 0 Å². The summed E-state index contributed by atoms with van der Waals surface area (Å²) in [6.45, 7) is -2.63. The van der Waals surface area contributed by atoms with Crippen LogP contribution in [0.5, 0.6) is 0 Å². The summed E-state index contributed by atoms with van der Waals surface area (Å²) >= 11 is 0. The molecule has 0 atom stereocenters. The van der Waals surface area contributed by atoms with Crippen LogP contribution in [0.15, 0.2) is 0 Å². The van der Waals surface area contributed by atoms with E-state index in [2.05, 4.69) is 4.74 Å². The van der Waals surface area contributed by atoms with Gasteiger partial charge in [0.05, 0.1) is 26.2 Å². The topological polar surface area (TPSA) is 70.1 Å². The summed E-state index contributed by atoms with van der Waals surface area (Å²) in [6.07, 6.45) is -5.32. The highest BCUT2D eigenvalue weighted by molar-refractivity contribution is 5.94. The number of amides is 2. The van der Waals surface area contributed by atoms with Gasteiger partial charge in [0, 0.05) is 6.54 Å². The van der Waals surface area contributed by atoms with Gasteiger partial charge in [0.1, 0.15) is 6.61 Å². The Hall–Kier alpha value is -1.35. The third kappa shape index (κ3) is 4.49. The van der Waals surface area contributed by atoms with E-state index in [4.69, 9.17) is 5.11 Å². The Labute approximate surface area is 101 Å². The van der Waals surface area contributed by atoms with Gasteiger partial charge in [-0.1, -0.05) is 0 Å². The van der Waals surface area contributed by atoms with Crippen LogP contribution < -0.4 is 0 Å². The average molecular weight is 270 g/mol. The number of ether oxygens (including phenoxy) is 1. The van der Waals surface area contributed by atoms with Crippen molar-refractivity contribution in [3.05, 3.63) is 0 Å². The number of halogens is 3. The number of carbonyl (C=O) groups is 2. The number of hydrogen-bond donors (Lipinski definition) is 1. The molecule has 1 heterocycles. The second-order valence-corrected chi connectivity index (χ2v) is 3.71. The van der Waals surface area contributed by atoms with Crippen molar-refractivity contribution in [3.8, 4) is 0 Å². The number of rotatable bonds is 5. The summed E-state index contributed by atoms with van der Waals surface area (Å²) in [5.41, 5.74) is 0. The molecule has 1 N–H and O–H groups in total. The molecular formula is C9H13F3N2O4. The predicted octanol–water partition coefficient (Wildman–Crippen LogP) is -0.178. The number of aliphatic hydroxyl groups is 1. The Morgan fingerprint density at radius 2 is 2.17 bits per heavy atom. The molecule has 1 rings (SSSR count). The molecule has 1 saturated heterocycles. The molecule has 2 amide bonds. The number of carbonyl (C=O) groups excluding carboxylic acids is 2. The van der Waals surface area contributed by atoms with Crippen LogP contribution >= 0.6 is 0 Å². The summed E-state index contributed by atoms with van der Waals surface area (Å²) in [4.78, 5) is 24.1. The van der Waals surface area contributed by atoms with E-state index in [0.717, 1.165) is 9.80 Å². The maximum atomic E-state index is 12.2. The Bertz CT molecular complexity index is 321. The van der Waals surface area contributed by atoms with Gasteiger partial charge >= 0.3 is 12.3 Å². The lowest BCUT2D eigenvalue weighted by Crippen LogP contribution is -2.45. The van der Waals surface area contributed by atoms with Crippen molar-refractivity contribution in [3.63, 3.8) is 0 Å². The van der Waals surface area contributed by atoms with Gasteiger partial charge < -0.3 is 9.84 Å². The van der Waals surface area contributed by atoms with Crippen LogP contribution in [0.1, 0.15) is 0 Å². The van der Waals surface area contributed by atoms with Crippen LogP contribution in [0, 0.1) is 0 Å². The van der Waals surface area contributed by atoms with E-state index >= 15 is 0 Å². The molecule has 0 aromatic heterocycles. The van der Waals surface area contributed by atoms with Crippen molar-refractivity contribution < 1.29 is 32.6 Å². The summed E-state index contributed by atoms with van der Waals surface area (Å²) in [7, 11) is 0. The van der Waals surface area contributed by atoms with E-state index in [1.165, 1.54) is 0 Å². The number of imide groups is 1. The second-order valence-electron chi connectivity index (χ2n) is 3.71. The zero-order valence-electron chi connectivity index (χ0n) is 9.44. The number of aliphatic hydroxyl groups excluding tert-OH is 1. The first-order valence-corrected chi connectivity index (χ1v) is 5.20. The fourth-order valence-corrected chi connectivity index (χ4v) is 1.51. The van der Waals surface area contributed by atoms with E-state index < -0.39 is 37.9 Å². The van der Waals surface area contributed by atoms with Crippen LogP contribution in [0.2, 0.25) is 0 Å². The molecule has 104 valence electrons. The van der Waals surface area contributed by atoms with Crippen LogP contribution in [-0.4, -0.2) is 72.5 Å². The Morgan fingerprint density at radius 3 is 2.61 bits per heavy atom. The molecule has 6 nitrogen and oxygen atoms in total. The van der Waals surface area contributed by atoms with Gasteiger partial charge in [-0.05, 0) is 0 Å². The molecule has 0 aliphatic carbocycles. The van der Waals surface area contributed by atoms with Gasteiger partial charge in [-0.3, -0.25) is 9.69 Å². The SMILES string of the molecule is O=C(CN(CCO)CC(F)(F)F)N1CCOC1=O. The molecule has 0 bridgehead atoms. The van der Waals surface area contributed by atoms with Crippen molar-refractivity contribution >= 4 is 12.0 Å². The predicted molar refractivity (Wildman–Crippen MR) is 52.6 cm³/mol. The first kappa shape index (κ1) is 14.7. The highest BCUT2D eigenvalue weighted by Crippen LogP contribution is 2.16. The molecule has 9 heteroatoms. The lowest BCUT2D eigenvalue weighted by molar-refractivity contribution is -0.151. The highest BCUT2D eigenvalue weighted by atomic mass is 19.4. The fourth-order valence-electron chi connectivity index (χ4n) is 1.51. The molecule has 0 spiro atoms. The monoisotopic (exact) mass is 270 g/mol. The maximum Gasteiger partial charge on any atom is 0.416 e. The molecule has 0 unspecified atom stereocenters. The van der Waals surface area contributed by atoms with Gasteiger partial charge in [-0.15, -0.1) is 0 Å². The largest absolute Gasteiger partial charge is 0.447 e. The Balaban J connectivity index is 2.54. The van der Waals surface area contributed by atoms with Crippen molar-refractivity contribution in [2.24, 2.45) is 0 Å². The minimum absolute atomic E-state index is 0.0383. The normalized spacial score (nSPS) is 16.3. The summed E-state index contributed by atoms with van der Waals surface area (Å²) in [6, 6.07) is 0. The van der Waals surface area contributed by atoms with Gasteiger partial charge in [-0.25, -0.2) is 9.69 Å². The van der Waals surface area contributed by atoms with Crippen LogP contribution in [0.3, 0.4) is 0 Å². The molecule has 1 fully saturated rings. The van der Waals surface area contributed by atoms with Crippen LogP contribution in [0.4, 0.5) is 18.0 Å². The number of hydrogen-bond acceptors (Lipinski definition) is 5. The zero-order valence-corrected chi connectivity index (χ0v) is 9.44. The van der Waals surface area contributed by atoms with Crippen molar-refractivity contribution in [2.75, 3.05) is 39.4 Å². The molecule has 1 aliphatic rings. The van der Waals surface area contributed by atoms with Gasteiger partial charge in [0.2, 0.25) is 5.91 Å². The molecule has 0 saturated carbocycles. The first-order valence-electron chi connectivity index (χ1n) is 5.20. The molecule has 1 aliphatic heterocycles. The number of cyclic esters (lactones) is 1. The van der Waals surface area contributed by atoms with E-state index in [1.54, 1.807) is 0 Å².